The zero-order chi connectivity index (χ0) is 18.4. The smallest absolute Gasteiger partial charge is 0.227 e. The minimum Gasteiger partial charge on any atom is -0.493 e. The molecule has 0 N–H and O–H groups in total. The van der Waals surface area contributed by atoms with Crippen molar-refractivity contribution in [3.63, 3.8) is 0 Å². The molecule has 0 saturated heterocycles. The Bertz CT molecular complexity index is 791. The Balaban J connectivity index is 1.76. The van der Waals surface area contributed by atoms with E-state index in [0.29, 0.717) is 31.0 Å². The van der Waals surface area contributed by atoms with Gasteiger partial charge in [-0.25, -0.2) is 0 Å². The number of carbonyl (C=O) groups is 1. The summed E-state index contributed by atoms with van der Waals surface area (Å²) in [6.45, 7) is 1.09. The number of ether oxygens (including phenoxy) is 2. The van der Waals surface area contributed by atoms with Gasteiger partial charge in [0.15, 0.2) is 11.5 Å². The van der Waals surface area contributed by atoms with Crippen LogP contribution in [0.5, 0.6) is 11.5 Å². The summed E-state index contributed by atoms with van der Waals surface area (Å²) in [6.07, 6.45) is 3.59. The van der Waals surface area contributed by atoms with E-state index < -0.39 is 0 Å². The van der Waals surface area contributed by atoms with Gasteiger partial charge in [0.2, 0.25) is 5.91 Å². The minimum absolute atomic E-state index is 0.0480. The molecule has 136 valence electrons. The van der Waals surface area contributed by atoms with Crippen molar-refractivity contribution in [3.05, 3.63) is 70.3 Å². The fraction of sp³-hybridized carbons (Fsp3) is 0.250. The third-order valence-electron chi connectivity index (χ3n) is 4.04. The van der Waals surface area contributed by atoms with Crippen LogP contribution in [0.1, 0.15) is 16.0 Å². The molecule has 1 aromatic carbocycles. The molecule has 2 heterocycles. The van der Waals surface area contributed by atoms with Crippen LogP contribution in [0.2, 0.25) is 0 Å². The second kappa shape index (κ2) is 8.58. The molecule has 0 aliphatic heterocycles. The third-order valence-corrected chi connectivity index (χ3v) is 4.90. The number of benzene rings is 1. The zero-order valence-electron chi connectivity index (χ0n) is 14.8. The highest BCUT2D eigenvalue weighted by atomic mass is 32.1. The Morgan fingerprint density at radius 3 is 2.58 bits per heavy atom. The van der Waals surface area contributed by atoms with Gasteiger partial charge in [-0.1, -0.05) is 12.1 Å². The van der Waals surface area contributed by atoms with Crippen LogP contribution >= 0.6 is 11.3 Å². The zero-order valence-corrected chi connectivity index (χ0v) is 15.6. The van der Waals surface area contributed by atoms with E-state index in [0.717, 1.165) is 16.0 Å². The molecular formula is C20H21NO4S. The normalized spacial score (nSPS) is 10.5. The van der Waals surface area contributed by atoms with Gasteiger partial charge in [-0.05, 0) is 35.2 Å². The summed E-state index contributed by atoms with van der Waals surface area (Å²) in [4.78, 5) is 15.9. The lowest BCUT2D eigenvalue weighted by Gasteiger charge is -2.22. The highest BCUT2D eigenvalue weighted by Gasteiger charge is 2.17. The van der Waals surface area contributed by atoms with Gasteiger partial charge in [0.1, 0.15) is 0 Å². The van der Waals surface area contributed by atoms with Crippen LogP contribution in [0.4, 0.5) is 0 Å². The number of furan rings is 1. The van der Waals surface area contributed by atoms with Crippen LogP contribution in [0.25, 0.3) is 0 Å². The van der Waals surface area contributed by atoms with Gasteiger partial charge in [0.25, 0.3) is 0 Å². The first kappa shape index (κ1) is 18.1. The van der Waals surface area contributed by atoms with Crippen molar-refractivity contribution < 1.29 is 18.7 Å². The molecule has 5 nitrogen and oxygen atoms in total. The van der Waals surface area contributed by atoms with Crippen molar-refractivity contribution >= 4 is 17.2 Å². The van der Waals surface area contributed by atoms with Crippen LogP contribution in [-0.4, -0.2) is 25.0 Å². The largest absolute Gasteiger partial charge is 0.493 e. The molecule has 0 radical (unpaired) electrons. The molecule has 0 fully saturated rings. The first-order chi connectivity index (χ1) is 12.7. The predicted octanol–water partition coefficient (Wildman–Crippen LogP) is 4.13. The Morgan fingerprint density at radius 2 is 1.92 bits per heavy atom. The molecule has 0 atom stereocenters. The molecule has 3 aromatic rings. The molecule has 6 heteroatoms. The van der Waals surface area contributed by atoms with Crippen LogP contribution in [0.15, 0.2) is 58.7 Å². The van der Waals surface area contributed by atoms with E-state index in [1.54, 1.807) is 38.1 Å². The second-order valence-corrected chi connectivity index (χ2v) is 6.86. The first-order valence-electron chi connectivity index (χ1n) is 8.21. The third kappa shape index (κ3) is 4.46. The molecule has 1 amide bonds. The number of methoxy groups -OCH3 is 2. The molecule has 0 saturated carbocycles. The Kier molecular flexibility index (Phi) is 5.96. The molecule has 0 unspecified atom stereocenters. The molecule has 26 heavy (non-hydrogen) atoms. The number of rotatable bonds is 8. The molecule has 2 aromatic heterocycles. The predicted molar refractivity (Wildman–Crippen MR) is 101 cm³/mol. The second-order valence-electron chi connectivity index (χ2n) is 5.83. The van der Waals surface area contributed by atoms with E-state index in [4.69, 9.17) is 13.9 Å². The summed E-state index contributed by atoms with van der Waals surface area (Å²) >= 11 is 1.64. The highest BCUT2D eigenvalue weighted by molar-refractivity contribution is 7.09. The molecule has 0 aliphatic carbocycles. The lowest BCUT2D eigenvalue weighted by Crippen LogP contribution is -2.31. The number of hydrogen-bond acceptors (Lipinski definition) is 5. The number of thiophene rings is 1. The summed E-state index contributed by atoms with van der Waals surface area (Å²) in [7, 11) is 3.18. The highest BCUT2D eigenvalue weighted by Crippen LogP contribution is 2.28. The first-order valence-corrected chi connectivity index (χ1v) is 9.09. The molecule has 0 bridgehead atoms. The lowest BCUT2D eigenvalue weighted by molar-refractivity contribution is -0.131. The number of hydrogen-bond donors (Lipinski definition) is 0. The Morgan fingerprint density at radius 1 is 1.08 bits per heavy atom. The van der Waals surface area contributed by atoms with E-state index in [9.17, 15) is 4.79 Å². The average molecular weight is 371 g/mol. The van der Waals surface area contributed by atoms with Crippen molar-refractivity contribution in [2.75, 3.05) is 14.2 Å². The van der Waals surface area contributed by atoms with E-state index in [-0.39, 0.29) is 5.91 Å². The SMILES string of the molecule is COc1ccc(CC(=O)N(Cc2ccoc2)Cc2cccs2)cc1OC. The van der Waals surface area contributed by atoms with Crippen LogP contribution in [-0.2, 0) is 24.3 Å². The van der Waals surface area contributed by atoms with Crippen LogP contribution in [0.3, 0.4) is 0 Å². The van der Waals surface area contributed by atoms with Crippen LogP contribution in [0, 0.1) is 0 Å². The van der Waals surface area contributed by atoms with Gasteiger partial charge in [-0.2, -0.15) is 0 Å². The van der Waals surface area contributed by atoms with Crippen molar-refractivity contribution in [2.24, 2.45) is 0 Å². The maximum Gasteiger partial charge on any atom is 0.227 e. The van der Waals surface area contributed by atoms with E-state index >= 15 is 0 Å². The van der Waals surface area contributed by atoms with Gasteiger partial charge < -0.3 is 18.8 Å². The van der Waals surface area contributed by atoms with Gasteiger partial charge >= 0.3 is 0 Å². The number of nitrogens with zero attached hydrogens (tertiary/aromatic N) is 1. The topological polar surface area (TPSA) is 51.9 Å². The Hall–Kier alpha value is -2.73. The quantitative estimate of drug-likeness (QED) is 0.597. The molecular weight excluding hydrogens is 350 g/mol. The fourth-order valence-corrected chi connectivity index (χ4v) is 3.42. The fourth-order valence-electron chi connectivity index (χ4n) is 2.70. The van der Waals surface area contributed by atoms with Gasteiger partial charge in [-0.15, -0.1) is 11.3 Å². The molecule has 0 aliphatic rings. The van der Waals surface area contributed by atoms with Crippen molar-refractivity contribution in [2.45, 2.75) is 19.5 Å². The average Bonchev–Trinajstić information content (AvgIpc) is 3.35. The minimum atomic E-state index is 0.0480. The molecule has 0 spiro atoms. The number of carbonyl (C=O) groups excluding carboxylic acids is 1. The van der Waals surface area contributed by atoms with Gasteiger partial charge in [0.05, 0.1) is 39.7 Å². The summed E-state index contributed by atoms with van der Waals surface area (Å²) in [5, 5.41) is 2.02. The van der Waals surface area contributed by atoms with Crippen LogP contribution < -0.4 is 9.47 Å². The maximum atomic E-state index is 12.9. The van der Waals surface area contributed by atoms with E-state index in [1.807, 2.05) is 46.7 Å². The van der Waals surface area contributed by atoms with Crippen molar-refractivity contribution in [3.8, 4) is 11.5 Å². The van der Waals surface area contributed by atoms with E-state index in [1.165, 1.54) is 0 Å². The summed E-state index contributed by atoms with van der Waals surface area (Å²) in [5.41, 5.74) is 1.86. The van der Waals surface area contributed by atoms with Crippen molar-refractivity contribution in [1.29, 1.82) is 0 Å². The Labute approximate surface area is 156 Å². The lowest BCUT2D eigenvalue weighted by atomic mass is 10.1. The van der Waals surface area contributed by atoms with Gasteiger partial charge in [0, 0.05) is 17.0 Å². The maximum absolute atomic E-state index is 12.9. The summed E-state index contributed by atoms with van der Waals surface area (Å²) < 4.78 is 15.7. The standard InChI is InChI=1S/C20H21NO4S/c1-23-18-6-5-15(10-19(18)24-2)11-20(22)21(12-16-7-8-25-14-16)13-17-4-3-9-26-17/h3-10,14H,11-13H2,1-2H3. The van der Waals surface area contributed by atoms with Crippen molar-refractivity contribution in [1.82, 2.24) is 4.90 Å². The number of amides is 1. The summed E-state index contributed by atoms with van der Waals surface area (Å²) in [6, 6.07) is 11.5. The molecule has 3 rings (SSSR count). The van der Waals surface area contributed by atoms with E-state index in [2.05, 4.69) is 0 Å². The summed E-state index contributed by atoms with van der Waals surface area (Å²) in [5.74, 6) is 1.32. The van der Waals surface area contributed by atoms with Gasteiger partial charge in [-0.3, -0.25) is 4.79 Å². The monoisotopic (exact) mass is 371 g/mol.